The van der Waals surface area contributed by atoms with Crippen molar-refractivity contribution in [2.75, 3.05) is 7.11 Å². The van der Waals surface area contributed by atoms with E-state index in [0.717, 1.165) is 34.6 Å². The van der Waals surface area contributed by atoms with Crippen molar-refractivity contribution in [3.8, 4) is 16.9 Å². The summed E-state index contributed by atoms with van der Waals surface area (Å²) in [6, 6.07) is 18.0. The Labute approximate surface area is 159 Å². The zero-order valence-corrected chi connectivity index (χ0v) is 15.5. The van der Waals surface area contributed by atoms with Gasteiger partial charge >= 0.3 is 0 Å². The number of methoxy groups -OCH3 is 1. The summed E-state index contributed by atoms with van der Waals surface area (Å²) >= 11 is 6.13. The molecule has 3 aromatic rings. The molecule has 0 unspecified atom stereocenters. The molecule has 0 bridgehead atoms. The summed E-state index contributed by atoms with van der Waals surface area (Å²) in [4.78, 5) is 4.35. The molecule has 0 saturated carbocycles. The second-order valence-electron chi connectivity index (χ2n) is 5.58. The van der Waals surface area contributed by atoms with Crippen LogP contribution >= 0.6 is 24.0 Å². The van der Waals surface area contributed by atoms with Crippen LogP contribution in [0.1, 0.15) is 16.8 Å². The number of rotatable bonds is 5. The average Bonchev–Trinajstić information content (AvgIpc) is 2.62. The maximum Gasteiger partial charge on any atom is 0.126 e. The van der Waals surface area contributed by atoms with Gasteiger partial charge in [0, 0.05) is 23.3 Å². The average molecular weight is 375 g/mol. The molecule has 0 radical (unpaired) electrons. The van der Waals surface area contributed by atoms with Gasteiger partial charge in [0.2, 0.25) is 0 Å². The lowest BCUT2D eigenvalue weighted by molar-refractivity contribution is 0.416. The molecule has 3 nitrogen and oxygen atoms in total. The number of hydrogen-bond donors (Lipinski definition) is 1. The first-order valence-electron chi connectivity index (χ1n) is 7.76. The Balaban J connectivity index is 0.00000225. The van der Waals surface area contributed by atoms with Crippen molar-refractivity contribution in [2.45, 2.75) is 13.0 Å². The molecule has 0 aliphatic rings. The Kier molecular flexibility index (Phi) is 6.82. The fourth-order valence-corrected chi connectivity index (χ4v) is 2.85. The summed E-state index contributed by atoms with van der Waals surface area (Å²) in [5.74, 6) is 0.831. The van der Waals surface area contributed by atoms with Crippen LogP contribution < -0.4 is 10.5 Å². The van der Waals surface area contributed by atoms with Crippen LogP contribution in [0.4, 0.5) is 0 Å². The van der Waals surface area contributed by atoms with Gasteiger partial charge < -0.3 is 10.5 Å². The molecule has 0 aliphatic heterocycles. The number of nitrogens with zero attached hydrogens (tertiary/aromatic N) is 1. The first-order valence-corrected chi connectivity index (χ1v) is 8.14. The molecular weight excluding hydrogens is 355 g/mol. The van der Waals surface area contributed by atoms with Crippen LogP contribution in [0.2, 0.25) is 5.02 Å². The van der Waals surface area contributed by atoms with E-state index < -0.39 is 0 Å². The van der Waals surface area contributed by atoms with Crippen molar-refractivity contribution in [3.05, 3.63) is 82.6 Å². The summed E-state index contributed by atoms with van der Waals surface area (Å²) in [5, 5.41) is 0.710. The monoisotopic (exact) mass is 374 g/mol. The number of aromatic nitrogens is 1. The van der Waals surface area contributed by atoms with Crippen LogP contribution in [0, 0.1) is 0 Å². The molecular formula is C20H20Cl2N2O. The van der Waals surface area contributed by atoms with E-state index in [0.29, 0.717) is 11.6 Å². The third-order valence-corrected chi connectivity index (χ3v) is 4.14. The normalized spacial score (nSPS) is 10.2. The lowest BCUT2D eigenvalue weighted by Crippen LogP contribution is -2.00. The van der Waals surface area contributed by atoms with Crippen molar-refractivity contribution in [3.63, 3.8) is 0 Å². The highest BCUT2D eigenvalue weighted by Crippen LogP contribution is 2.32. The first kappa shape index (κ1) is 19.3. The molecule has 3 rings (SSSR count). The van der Waals surface area contributed by atoms with E-state index in [1.165, 1.54) is 5.56 Å². The number of nitrogens with two attached hydrogens (primary N) is 1. The Morgan fingerprint density at radius 3 is 2.48 bits per heavy atom. The predicted molar refractivity (Wildman–Crippen MR) is 106 cm³/mol. The predicted octanol–water partition coefficient (Wildman–Crippen LogP) is 4.88. The van der Waals surface area contributed by atoms with Crippen molar-refractivity contribution in [1.29, 1.82) is 0 Å². The Hall–Kier alpha value is -2.07. The molecule has 0 amide bonds. The minimum absolute atomic E-state index is 0. The molecule has 0 saturated heterocycles. The van der Waals surface area contributed by atoms with Crippen LogP contribution in [0.15, 0.2) is 60.8 Å². The molecule has 5 heteroatoms. The highest BCUT2D eigenvalue weighted by Gasteiger charge is 2.08. The fourth-order valence-electron chi connectivity index (χ4n) is 2.66. The van der Waals surface area contributed by atoms with Gasteiger partial charge in [-0.05, 0) is 53.4 Å². The number of ether oxygens (including phenoxy) is 1. The summed E-state index contributed by atoms with van der Waals surface area (Å²) < 4.78 is 5.51. The van der Waals surface area contributed by atoms with Crippen LogP contribution in [0.25, 0.3) is 11.1 Å². The Morgan fingerprint density at radius 2 is 1.84 bits per heavy atom. The van der Waals surface area contributed by atoms with Crippen molar-refractivity contribution < 1.29 is 4.74 Å². The number of halogens is 2. The van der Waals surface area contributed by atoms with Gasteiger partial charge in [0.25, 0.3) is 0 Å². The van der Waals surface area contributed by atoms with Crippen molar-refractivity contribution in [1.82, 2.24) is 4.98 Å². The van der Waals surface area contributed by atoms with Gasteiger partial charge in [-0.25, -0.2) is 0 Å². The third-order valence-electron chi connectivity index (χ3n) is 3.90. The van der Waals surface area contributed by atoms with Crippen molar-refractivity contribution in [2.24, 2.45) is 5.73 Å². The van der Waals surface area contributed by atoms with Gasteiger partial charge in [-0.2, -0.15) is 0 Å². The zero-order valence-electron chi connectivity index (χ0n) is 13.9. The molecule has 0 atom stereocenters. The van der Waals surface area contributed by atoms with Gasteiger partial charge in [-0.15, -0.1) is 12.4 Å². The second kappa shape index (κ2) is 8.86. The van der Waals surface area contributed by atoms with Gasteiger partial charge in [0.15, 0.2) is 0 Å². The van der Waals surface area contributed by atoms with E-state index in [1.807, 2.05) is 42.6 Å². The highest BCUT2D eigenvalue weighted by molar-refractivity contribution is 6.30. The van der Waals surface area contributed by atoms with E-state index >= 15 is 0 Å². The first-order chi connectivity index (χ1) is 11.7. The fraction of sp³-hybridized carbons (Fsp3) is 0.150. The highest BCUT2D eigenvalue weighted by atomic mass is 35.5. The third kappa shape index (κ3) is 4.73. The lowest BCUT2D eigenvalue weighted by Gasteiger charge is -2.12. The number of pyridine rings is 1. The van der Waals surface area contributed by atoms with Gasteiger partial charge in [-0.1, -0.05) is 35.9 Å². The summed E-state index contributed by atoms with van der Waals surface area (Å²) in [6.45, 7) is 0.460. The molecule has 25 heavy (non-hydrogen) atoms. The van der Waals surface area contributed by atoms with Crippen LogP contribution in [0.3, 0.4) is 0 Å². The largest absolute Gasteiger partial charge is 0.496 e. The van der Waals surface area contributed by atoms with Gasteiger partial charge in [0.1, 0.15) is 5.75 Å². The van der Waals surface area contributed by atoms with Crippen molar-refractivity contribution >= 4 is 24.0 Å². The van der Waals surface area contributed by atoms with Crippen LogP contribution in [-0.2, 0) is 13.0 Å². The second-order valence-corrected chi connectivity index (χ2v) is 6.02. The van der Waals surface area contributed by atoms with E-state index in [-0.39, 0.29) is 12.4 Å². The molecule has 1 heterocycles. The number of hydrogen-bond acceptors (Lipinski definition) is 3. The summed E-state index contributed by atoms with van der Waals surface area (Å²) in [5.41, 5.74) is 10.9. The Morgan fingerprint density at radius 1 is 1.04 bits per heavy atom. The minimum Gasteiger partial charge on any atom is -0.496 e. The smallest absolute Gasteiger partial charge is 0.126 e. The molecule has 1 aromatic heterocycles. The van der Waals surface area contributed by atoms with E-state index in [4.69, 9.17) is 22.1 Å². The maximum atomic E-state index is 6.13. The summed E-state index contributed by atoms with van der Waals surface area (Å²) in [6.07, 6.45) is 2.68. The molecule has 0 spiro atoms. The van der Waals surface area contributed by atoms with Gasteiger partial charge in [0.05, 0.1) is 12.8 Å². The molecule has 130 valence electrons. The molecule has 2 aromatic carbocycles. The lowest BCUT2D eigenvalue weighted by atomic mass is 9.98. The molecule has 0 aliphatic carbocycles. The van der Waals surface area contributed by atoms with Crippen LogP contribution in [-0.4, -0.2) is 12.1 Å². The van der Waals surface area contributed by atoms with Crippen LogP contribution in [0.5, 0.6) is 5.75 Å². The van der Waals surface area contributed by atoms with E-state index in [2.05, 4.69) is 23.2 Å². The quantitative estimate of drug-likeness (QED) is 0.691. The number of benzene rings is 2. The maximum absolute atomic E-state index is 6.13. The SMILES string of the molecule is COc1ccc(Cc2ccc(CN)nc2)cc1-c1cccc(Cl)c1.Cl. The van der Waals surface area contributed by atoms with E-state index in [9.17, 15) is 0 Å². The van der Waals surface area contributed by atoms with Gasteiger partial charge in [-0.3, -0.25) is 4.98 Å². The molecule has 2 N–H and O–H groups in total. The summed E-state index contributed by atoms with van der Waals surface area (Å²) in [7, 11) is 1.68. The molecule has 0 fully saturated rings. The Bertz CT molecular complexity index is 835. The standard InChI is InChI=1S/C20H19ClN2O.ClH/c1-24-20-8-6-14(9-15-5-7-18(12-22)23-13-15)10-19(20)16-3-2-4-17(21)11-16;/h2-8,10-11,13H,9,12,22H2,1H3;1H. The topological polar surface area (TPSA) is 48.1 Å². The van der Waals surface area contributed by atoms with E-state index in [1.54, 1.807) is 7.11 Å². The minimum atomic E-state index is 0. The zero-order chi connectivity index (χ0) is 16.9.